The molecule has 1 aromatic heterocycles. The third-order valence-corrected chi connectivity index (χ3v) is 2.80. The molecule has 0 radical (unpaired) electrons. The van der Waals surface area contributed by atoms with E-state index in [0.29, 0.717) is 0 Å². The first-order valence-electron chi connectivity index (χ1n) is 6.92. The van der Waals surface area contributed by atoms with Gasteiger partial charge in [0.1, 0.15) is 6.04 Å². The molecule has 0 unspecified atom stereocenters. The predicted octanol–water partition coefficient (Wildman–Crippen LogP) is 0.138. The Labute approximate surface area is 140 Å². The van der Waals surface area contributed by atoms with Crippen molar-refractivity contribution in [1.29, 1.82) is 0 Å². The molecule has 0 aliphatic heterocycles. The van der Waals surface area contributed by atoms with Crippen LogP contribution in [-0.4, -0.2) is 56.3 Å². The van der Waals surface area contributed by atoms with Crippen molar-refractivity contribution in [3.05, 3.63) is 18.2 Å². The van der Waals surface area contributed by atoms with Gasteiger partial charge in [-0.25, -0.2) is 14.6 Å². The summed E-state index contributed by atoms with van der Waals surface area (Å²) in [4.78, 5) is 38.2. The number of hydrogen-bond acceptors (Lipinski definition) is 5. The van der Waals surface area contributed by atoms with Crippen molar-refractivity contribution in [3.8, 4) is 0 Å². The van der Waals surface area contributed by atoms with Crippen LogP contribution in [0.4, 0.5) is 13.2 Å². The number of H-pyrrole nitrogens is 1. The molecule has 0 saturated carbocycles. The van der Waals surface area contributed by atoms with Crippen molar-refractivity contribution >= 4 is 17.8 Å². The molecule has 2 atom stereocenters. The fraction of sp³-hybridized carbons (Fsp3) is 0.538. The van der Waals surface area contributed by atoms with Gasteiger partial charge in [-0.3, -0.25) is 4.79 Å². The highest BCUT2D eigenvalue weighted by atomic mass is 19.4. The van der Waals surface area contributed by atoms with Crippen molar-refractivity contribution < 1.29 is 37.8 Å². The Morgan fingerprint density at radius 1 is 1.32 bits per heavy atom. The normalized spacial score (nSPS) is 13.4. The van der Waals surface area contributed by atoms with Crippen LogP contribution in [0.2, 0.25) is 0 Å². The van der Waals surface area contributed by atoms with E-state index in [4.69, 9.17) is 20.7 Å². The van der Waals surface area contributed by atoms with Crippen molar-refractivity contribution in [2.24, 2.45) is 11.7 Å². The Bertz CT molecular complexity index is 575. The number of halogens is 3. The Kier molecular flexibility index (Phi) is 8.60. The second kappa shape index (κ2) is 9.61. The molecule has 1 aromatic rings. The van der Waals surface area contributed by atoms with Gasteiger partial charge in [-0.05, 0) is 5.92 Å². The number of imidazole rings is 1. The van der Waals surface area contributed by atoms with E-state index in [1.807, 2.05) is 0 Å². The third-order valence-electron chi connectivity index (χ3n) is 2.80. The first-order chi connectivity index (χ1) is 11.4. The van der Waals surface area contributed by atoms with E-state index in [9.17, 15) is 22.8 Å². The molecule has 1 amide bonds. The van der Waals surface area contributed by atoms with Gasteiger partial charge >= 0.3 is 18.1 Å². The van der Waals surface area contributed by atoms with Gasteiger partial charge in [0.15, 0.2) is 0 Å². The highest BCUT2D eigenvalue weighted by Crippen LogP contribution is 2.13. The molecule has 12 heteroatoms. The summed E-state index contributed by atoms with van der Waals surface area (Å²) in [6, 6.07) is -1.73. The first-order valence-corrected chi connectivity index (χ1v) is 6.92. The van der Waals surface area contributed by atoms with Gasteiger partial charge in [-0.15, -0.1) is 0 Å². The van der Waals surface area contributed by atoms with Gasteiger partial charge in [0.25, 0.3) is 0 Å². The molecule has 1 heterocycles. The van der Waals surface area contributed by atoms with Crippen LogP contribution >= 0.6 is 0 Å². The first kappa shape index (κ1) is 22.4. The van der Waals surface area contributed by atoms with E-state index in [1.54, 1.807) is 20.0 Å². The lowest BCUT2D eigenvalue weighted by Gasteiger charge is -2.20. The molecular formula is C13H19F3N4O5. The molecular weight excluding hydrogens is 349 g/mol. The van der Waals surface area contributed by atoms with Crippen molar-refractivity contribution in [2.45, 2.75) is 38.5 Å². The van der Waals surface area contributed by atoms with Crippen LogP contribution in [0.5, 0.6) is 0 Å². The molecule has 0 saturated heterocycles. The standard InChI is InChI=1S/C11H18N4O3.C2HF3O2/c1-6(2)9(11(17)18)15-10(16)8(12)3-7-4-13-5-14-7;3-2(4,5)1(6)7/h4-6,8-9H,3,12H2,1-2H3,(H,13,14)(H,15,16)(H,17,18);(H,6,7)/t8-,9-;/m0./s1. The summed E-state index contributed by atoms with van der Waals surface area (Å²) in [5.41, 5.74) is 6.43. The van der Waals surface area contributed by atoms with E-state index < -0.39 is 36.1 Å². The number of carbonyl (C=O) groups excluding carboxylic acids is 1. The van der Waals surface area contributed by atoms with Crippen LogP contribution in [0.1, 0.15) is 19.5 Å². The number of rotatable bonds is 6. The number of carbonyl (C=O) groups is 3. The summed E-state index contributed by atoms with van der Waals surface area (Å²) >= 11 is 0. The van der Waals surface area contributed by atoms with E-state index in [-0.39, 0.29) is 12.3 Å². The summed E-state index contributed by atoms with van der Waals surface area (Å²) < 4.78 is 31.7. The molecule has 6 N–H and O–H groups in total. The van der Waals surface area contributed by atoms with Gasteiger partial charge in [0, 0.05) is 18.3 Å². The Balaban J connectivity index is 0.000000697. The molecule has 0 aliphatic carbocycles. The zero-order valence-corrected chi connectivity index (χ0v) is 13.4. The van der Waals surface area contributed by atoms with E-state index in [1.165, 1.54) is 6.33 Å². The number of nitrogens with one attached hydrogen (secondary N) is 2. The van der Waals surface area contributed by atoms with Crippen molar-refractivity contribution in [2.75, 3.05) is 0 Å². The number of aromatic nitrogens is 2. The lowest BCUT2D eigenvalue weighted by molar-refractivity contribution is -0.192. The maximum atomic E-state index is 11.8. The topological polar surface area (TPSA) is 158 Å². The molecule has 142 valence electrons. The fourth-order valence-electron chi connectivity index (χ4n) is 1.50. The summed E-state index contributed by atoms with van der Waals surface area (Å²) in [7, 11) is 0. The largest absolute Gasteiger partial charge is 0.490 e. The average Bonchev–Trinajstić information content (AvgIpc) is 2.96. The van der Waals surface area contributed by atoms with Crippen LogP contribution in [-0.2, 0) is 20.8 Å². The minimum Gasteiger partial charge on any atom is -0.480 e. The summed E-state index contributed by atoms with van der Waals surface area (Å²) in [6.07, 6.45) is -1.73. The lowest BCUT2D eigenvalue weighted by atomic mass is 10.0. The van der Waals surface area contributed by atoms with Crippen LogP contribution in [0.3, 0.4) is 0 Å². The Hall–Kier alpha value is -2.63. The van der Waals surface area contributed by atoms with E-state index in [0.717, 1.165) is 5.69 Å². The Morgan fingerprint density at radius 2 is 1.84 bits per heavy atom. The number of amides is 1. The third kappa shape index (κ3) is 8.69. The van der Waals surface area contributed by atoms with Gasteiger partial charge in [-0.1, -0.05) is 13.8 Å². The number of nitrogens with two attached hydrogens (primary N) is 1. The number of carboxylic acids is 2. The lowest BCUT2D eigenvalue weighted by Crippen LogP contribution is -2.51. The number of aliphatic carboxylic acids is 2. The zero-order valence-electron chi connectivity index (χ0n) is 13.4. The predicted molar refractivity (Wildman–Crippen MR) is 78.4 cm³/mol. The van der Waals surface area contributed by atoms with E-state index >= 15 is 0 Å². The van der Waals surface area contributed by atoms with Crippen LogP contribution < -0.4 is 11.1 Å². The average molecular weight is 368 g/mol. The number of alkyl halides is 3. The zero-order chi connectivity index (χ0) is 19.8. The molecule has 1 rings (SSSR count). The van der Waals surface area contributed by atoms with Gasteiger partial charge in [0.05, 0.1) is 12.4 Å². The number of nitrogens with zero attached hydrogens (tertiary/aromatic N) is 1. The summed E-state index contributed by atoms with van der Waals surface area (Å²) in [5.74, 6) is -4.50. The molecule has 0 aliphatic rings. The molecule has 25 heavy (non-hydrogen) atoms. The molecule has 0 bridgehead atoms. The maximum absolute atomic E-state index is 11.8. The number of hydrogen-bond donors (Lipinski definition) is 5. The maximum Gasteiger partial charge on any atom is 0.490 e. The van der Waals surface area contributed by atoms with Crippen LogP contribution in [0.25, 0.3) is 0 Å². The van der Waals surface area contributed by atoms with Gasteiger partial charge < -0.3 is 26.2 Å². The van der Waals surface area contributed by atoms with Crippen LogP contribution in [0, 0.1) is 5.92 Å². The van der Waals surface area contributed by atoms with Gasteiger partial charge in [0.2, 0.25) is 5.91 Å². The molecule has 0 aromatic carbocycles. The fourth-order valence-corrected chi connectivity index (χ4v) is 1.50. The molecule has 0 spiro atoms. The summed E-state index contributed by atoms with van der Waals surface area (Å²) in [5, 5.41) is 18.5. The number of aromatic amines is 1. The monoisotopic (exact) mass is 368 g/mol. The number of carboxylic acid groups (broad SMARTS) is 2. The second-order valence-electron chi connectivity index (χ2n) is 5.26. The quantitative estimate of drug-likeness (QED) is 0.477. The van der Waals surface area contributed by atoms with Crippen LogP contribution in [0.15, 0.2) is 12.5 Å². The van der Waals surface area contributed by atoms with Gasteiger partial charge in [-0.2, -0.15) is 13.2 Å². The van der Waals surface area contributed by atoms with E-state index in [2.05, 4.69) is 15.3 Å². The smallest absolute Gasteiger partial charge is 0.480 e. The van der Waals surface area contributed by atoms with Crippen molar-refractivity contribution in [1.82, 2.24) is 15.3 Å². The molecule has 9 nitrogen and oxygen atoms in total. The minimum atomic E-state index is -5.08. The highest BCUT2D eigenvalue weighted by Gasteiger charge is 2.38. The summed E-state index contributed by atoms with van der Waals surface area (Å²) in [6.45, 7) is 3.44. The SMILES string of the molecule is CC(C)[C@H](NC(=O)[C@@H](N)Cc1cnc[nH]1)C(=O)O.O=C(O)C(F)(F)F. The molecule has 0 fully saturated rings. The van der Waals surface area contributed by atoms with Crippen molar-refractivity contribution in [3.63, 3.8) is 0 Å². The highest BCUT2D eigenvalue weighted by molar-refractivity contribution is 5.87. The Morgan fingerprint density at radius 3 is 2.16 bits per heavy atom. The minimum absolute atomic E-state index is 0.203. The second-order valence-corrected chi connectivity index (χ2v) is 5.26.